The molecule has 21 heavy (non-hydrogen) atoms. The number of aromatic hydroxyl groups is 1. The number of phenols is 1. The first-order valence-electron chi connectivity index (χ1n) is 6.22. The molecule has 2 aromatic carbocycles. The first kappa shape index (κ1) is 12.9. The van der Waals surface area contributed by atoms with Gasteiger partial charge in [0, 0.05) is 22.7 Å². The molecule has 0 unspecified atom stereocenters. The summed E-state index contributed by atoms with van der Waals surface area (Å²) in [6, 6.07) is 10.3. The zero-order valence-electron chi connectivity index (χ0n) is 10.8. The fourth-order valence-corrected chi connectivity index (χ4v) is 2.06. The van der Waals surface area contributed by atoms with Gasteiger partial charge in [-0.15, -0.1) is 0 Å². The van der Waals surface area contributed by atoms with E-state index in [1.165, 1.54) is 6.20 Å². The molecule has 104 valence electrons. The SMILES string of the molecule is O=C(Nc1cccc2c(O)cccc12)c1c[nH]c(=O)cn1. The summed E-state index contributed by atoms with van der Waals surface area (Å²) < 4.78 is 0. The van der Waals surface area contributed by atoms with E-state index in [1.807, 2.05) is 0 Å². The second kappa shape index (κ2) is 5.09. The van der Waals surface area contributed by atoms with Crippen LogP contribution in [-0.4, -0.2) is 21.0 Å². The Bertz CT molecular complexity index is 866. The predicted molar refractivity (Wildman–Crippen MR) is 78.4 cm³/mol. The van der Waals surface area contributed by atoms with E-state index in [4.69, 9.17) is 0 Å². The number of nitrogens with one attached hydrogen (secondary N) is 2. The number of phenolic OH excluding ortho intramolecular Hbond substituents is 1. The fourth-order valence-electron chi connectivity index (χ4n) is 2.06. The van der Waals surface area contributed by atoms with Gasteiger partial charge < -0.3 is 15.4 Å². The average molecular weight is 281 g/mol. The number of amides is 1. The summed E-state index contributed by atoms with van der Waals surface area (Å²) in [4.78, 5) is 29.2. The number of carbonyl (C=O) groups excluding carboxylic acids is 1. The molecule has 1 heterocycles. The molecule has 0 aliphatic rings. The van der Waals surface area contributed by atoms with Crippen molar-refractivity contribution in [2.45, 2.75) is 0 Å². The highest BCUT2D eigenvalue weighted by Gasteiger charge is 2.10. The number of hydrogen-bond acceptors (Lipinski definition) is 4. The Morgan fingerprint density at radius 3 is 2.67 bits per heavy atom. The lowest BCUT2D eigenvalue weighted by molar-refractivity contribution is 0.102. The van der Waals surface area contributed by atoms with Crippen molar-refractivity contribution in [1.82, 2.24) is 9.97 Å². The summed E-state index contributed by atoms with van der Waals surface area (Å²) in [5, 5.41) is 13.9. The molecule has 1 amide bonds. The van der Waals surface area contributed by atoms with Crippen LogP contribution in [0, 0.1) is 0 Å². The second-order valence-corrected chi connectivity index (χ2v) is 4.43. The minimum absolute atomic E-state index is 0.103. The molecule has 0 saturated heterocycles. The smallest absolute Gasteiger partial charge is 0.275 e. The van der Waals surface area contributed by atoms with Gasteiger partial charge in [-0.3, -0.25) is 9.59 Å². The average Bonchev–Trinajstić information content (AvgIpc) is 2.49. The number of fused-ring (bicyclic) bond motifs is 1. The van der Waals surface area contributed by atoms with E-state index in [1.54, 1.807) is 36.4 Å². The highest BCUT2D eigenvalue weighted by molar-refractivity contribution is 6.08. The summed E-state index contributed by atoms with van der Waals surface area (Å²) >= 11 is 0. The van der Waals surface area contributed by atoms with Crippen molar-refractivity contribution < 1.29 is 9.90 Å². The number of rotatable bonds is 2. The Kier molecular flexibility index (Phi) is 3.12. The van der Waals surface area contributed by atoms with Crippen LogP contribution in [0.2, 0.25) is 0 Å². The normalized spacial score (nSPS) is 10.5. The van der Waals surface area contributed by atoms with Gasteiger partial charge in [-0.1, -0.05) is 24.3 Å². The summed E-state index contributed by atoms with van der Waals surface area (Å²) in [5.74, 6) is -0.298. The Balaban J connectivity index is 1.98. The molecule has 0 bridgehead atoms. The lowest BCUT2D eigenvalue weighted by atomic mass is 10.1. The predicted octanol–water partition coefficient (Wildman–Crippen LogP) is 1.88. The molecule has 3 rings (SSSR count). The Morgan fingerprint density at radius 1 is 1.14 bits per heavy atom. The van der Waals surface area contributed by atoms with Crippen molar-refractivity contribution in [2.24, 2.45) is 0 Å². The molecule has 0 saturated carbocycles. The van der Waals surface area contributed by atoms with E-state index in [-0.39, 0.29) is 17.0 Å². The van der Waals surface area contributed by atoms with Crippen LogP contribution in [0.25, 0.3) is 10.8 Å². The molecule has 3 aromatic rings. The summed E-state index contributed by atoms with van der Waals surface area (Å²) in [6.07, 6.45) is 2.30. The van der Waals surface area contributed by atoms with Crippen molar-refractivity contribution in [3.05, 3.63) is 64.8 Å². The monoisotopic (exact) mass is 281 g/mol. The fraction of sp³-hybridized carbons (Fsp3) is 0. The van der Waals surface area contributed by atoms with Crippen LogP contribution in [0.1, 0.15) is 10.5 Å². The number of hydrogen-bond donors (Lipinski definition) is 3. The van der Waals surface area contributed by atoms with Gasteiger partial charge in [0.05, 0.1) is 6.20 Å². The standard InChI is InChI=1S/C15H11N3O3/c19-13-6-2-3-9-10(13)4-1-5-11(9)18-15(21)12-7-17-14(20)8-16-12/h1-8,19H,(H,17,20)(H,18,21). The van der Waals surface area contributed by atoms with Crippen LogP contribution in [0.15, 0.2) is 53.6 Å². The molecule has 0 fully saturated rings. The van der Waals surface area contributed by atoms with Crippen LogP contribution >= 0.6 is 0 Å². The van der Waals surface area contributed by atoms with Gasteiger partial charge in [0.2, 0.25) is 0 Å². The molecule has 6 nitrogen and oxygen atoms in total. The van der Waals surface area contributed by atoms with Gasteiger partial charge in [0.1, 0.15) is 11.4 Å². The van der Waals surface area contributed by atoms with E-state index < -0.39 is 5.91 Å². The van der Waals surface area contributed by atoms with Gasteiger partial charge in [-0.05, 0) is 12.1 Å². The van der Waals surface area contributed by atoms with E-state index >= 15 is 0 Å². The number of carbonyl (C=O) groups is 1. The summed E-state index contributed by atoms with van der Waals surface area (Å²) in [5.41, 5.74) is 0.287. The molecule has 6 heteroatoms. The second-order valence-electron chi connectivity index (χ2n) is 4.43. The highest BCUT2D eigenvalue weighted by Crippen LogP contribution is 2.29. The number of H-pyrrole nitrogens is 1. The third-order valence-electron chi connectivity index (χ3n) is 3.05. The number of aromatic amines is 1. The lowest BCUT2D eigenvalue weighted by Gasteiger charge is -2.09. The number of nitrogens with zero attached hydrogens (tertiary/aromatic N) is 1. The number of anilines is 1. The van der Waals surface area contributed by atoms with Crippen molar-refractivity contribution in [1.29, 1.82) is 0 Å². The van der Waals surface area contributed by atoms with Gasteiger partial charge in [0.25, 0.3) is 11.5 Å². The maximum atomic E-state index is 12.1. The first-order chi connectivity index (χ1) is 10.1. The number of aromatic nitrogens is 2. The topological polar surface area (TPSA) is 95.1 Å². The zero-order valence-corrected chi connectivity index (χ0v) is 10.8. The molecule has 0 spiro atoms. The molecule has 0 atom stereocenters. The largest absolute Gasteiger partial charge is 0.507 e. The Hall–Kier alpha value is -3.15. The molecule has 0 aliphatic heterocycles. The molecule has 3 N–H and O–H groups in total. The Labute approximate surface area is 119 Å². The van der Waals surface area contributed by atoms with E-state index in [9.17, 15) is 14.7 Å². The van der Waals surface area contributed by atoms with Gasteiger partial charge in [0.15, 0.2) is 0 Å². The third-order valence-corrected chi connectivity index (χ3v) is 3.05. The van der Waals surface area contributed by atoms with Gasteiger partial charge in [-0.25, -0.2) is 4.98 Å². The molecule has 0 radical (unpaired) electrons. The minimum atomic E-state index is -0.443. The summed E-state index contributed by atoms with van der Waals surface area (Å²) in [6.45, 7) is 0. The highest BCUT2D eigenvalue weighted by atomic mass is 16.3. The first-order valence-corrected chi connectivity index (χ1v) is 6.22. The van der Waals surface area contributed by atoms with Crippen LogP contribution < -0.4 is 10.9 Å². The van der Waals surface area contributed by atoms with Crippen LogP contribution in [0.5, 0.6) is 5.75 Å². The lowest BCUT2D eigenvalue weighted by Crippen LogP contribution is -2.17. The minimum Gasteiger partial charge on any atom is -0.507 e. The zero-order chi connectivity index (χ0) is 14.8. The Morgan fingerprint density at radius 2 is 1.90 bits per heavy atom. The maximum absolute atomic E-state index is 12.1. The van der Waals surface area contributed by atoms with Crippen molar-refractivity contribution in [3.8, 4) is 5.75 Å². The van der Waals surface area contributed by atoms with Gasteiger partial charge in [-0.2, -0.15) is 0 Å². The quantitative estimate of drug-likeness (QED) is 0.668. The van der Waals surface area contributed by atoms with E-state index in [2.05, 4.69) is 15.3 Å². The number of benzene rings is 2. The van der Waals surface area contributed by atoms with Crippen molar-refractivity contribution in [2.75, 3.05) is 5.32 Å². The van der Waals surface area contributed by atoms with Crippen molar-refractivity contribution >= 4 is 22.4 Å². The van der Waals surface area contributed by atoms with Crippen LogP contribution in [0.3, 0.4) is 0 Å². The van der Waals surface area contributed by atoms with E-state index in [0.29, 0.717) is 11.1 Å². The van der Waals surface area contributed by atoms with Crippen molar-refractivity contribution in [3.63, 3.8) is 0 Å². The van der Waals surface area contributed by atoms with Crippen LogP contribution in [-0.2, 0) is 0 Å². The molecular formula is C15H11N3O3. The third kappa shape index (κ3) is 2.46. The summed E-state index contributed by atoms with van der Waals surface area (Å²) in [7, 11) is 0. The molecular weight excluding hydrogens is 270 g/mol. The van der Waals surface area contributed by atoms with Crippen LogP contribution in [0.4, 0.5) is 5.69 Å². The maximum Gasteiger partial charge on any atom is 0.275 e. The van der Waals surface area contributed by atoms with Gasteiger partial charge >= 0.3 is 0 Å². The molecule has 1 aromatic heterocycles. The molecule has 0 aliphatic carbocycles. The van der Waals surface area contributed by atoms with E-state index in [0.717, 1.165) is 11.6 Å².